The van der Waals surface area contributed by atoms with Crippen LogP contribution in [0.1, 0.15) is 0 Å². The van der Waals surface area contributed by atoms with Crippen LogP contribution >= 0.6 is 0 Å². The summed E-state index contributed by atoms with van der Waals surface area (Å²) in [5, 5.41) is 9.02. The van der Waals surface area contributed by atoms with Gasteiger partial charge in [-0.25, -0.2) is 13.6 Å². The number of phenolic OH excluding ortho intramolecular Hbond substituents is 1. The van der Waals surface area contributed by atoms with Crippen molar-refractivity contribution in [2.75, 3.05) is 0 Å². The highest BCUT2D eigenvalue weighted by atomic mass is 19.2. The van der Waals surface area contributed by atoms with Crippen LogP contribution in [-0.4, -0.2) is 11.1 Å². The van der Waals surface area contributed by atoms with E-state index >= 15 is 0 Å². The largest absolute Gasteiger partial charge is 0.505 e. The first-order valence-corrected chi connectivity index (χ1v) is 5.86. The number of benzene rings is 2. The van der Waals surface area contributed by atoms with Gasteiger partial charge in [-0.05, 0) is 24.3 Å². The molecule has 2 rings (SSSR count). The highest BCUT2D eigenvalue weighted by molar-refractivity contribution is 5.83. The van der Waals surface area contributed by atoms with Crippen molar-refractivity contribution in [3.63, 3.8) is 0 Å². The molecule has 0 aliphatic rings. The first kappa shape index (κ1) is 15.6. The Morgan fingerprint density at radius 1 is 0.955 bits per heavy atom. The van der Waals surface area contributed by atoms with E-state index in [9.17, 15) is 22.4 Å². The normalized spacial score (nSPS) is 10.4. The molecular weight excluding hydrogens is 304 g/mol. The third-order valence-electron chi connectivity index (χ3n) is 2.78. The van der Waals surface area contributed by atoms with Crippen molar-refractivity contribution >= 4 is 5.97 Å². The molecule has 0 radical (unpaired) electrons. The lowest BCUT2D eigenvalue weighted by Crippen LogP contribution is -2.06. The Morgan fingerprint density at radius 2 is 1.50 bits per heavy atom. The van der Waals surface area contributed by atoms with Crippen molar-refractivity contribution in [1.82, 2.24) is 0 Å². The summed E-state index contributed by atoms with van der Waals surface area (Å²) in [6, 6.07) is 3.50. The van der Waals surface area contributed by atoms with Gasteiger partial charge in [0.25, 0.3) is 0 Å². The van der Waals surface area contributed by atoms with Gasteiger partial charge in [-0.2, -0.15) is 8.78 Å². The van der Waals surface area contributed by atoms with Crippen molar-refractivity contribution in [3.8, 4) is 22.6 Å². The van der Waals surface area contributed by atoms with Crippen molar-refractivity contribution in [1.29, 1.82) is 0 Å². The highest BCUT2D eigenvalue weighted by Crippen LogP contribution is 2.34. The number of rotatable bonds is 3. The number of hydrogen-bond donors (Lipinski definition) is 1. The molecule has 1 N–H and O–H groups in total. The maximum Gasteiger partial charge on any atom is 0.335 e. The molecule has 2 aromatic rings. The second kappa shape index (κ2) is 5.88. The van der Waals surface area contributed by atoms with Crippen LogP contribution in [0.15, 0.2) is 36.9 Å². The average molecular weight is 312 g/mol. The third kappa shape index (κ3) is 2.65. The van der Waals surface area contributed by atoms with E-state index in [4.69, 9.17) is 5.11 Å². The molecule has 0 spiro atoms. The van der Waals surface area contributed by atoms with E-state index in [2.05, 4.69) is 11.3 Å². The van der Waals surface area contributed by atoms with Gasteiger partial charge in [-0.1, -0.05) is 6.58 Å². The summed E-state index contributed by atoms with van der Waals surface area (Å²) in [4.78, 5) is 11.0. The first-order valence-electron chi connectivity index (χ1n) is 5.86. The minimum absolute atomic E-state index is 0.590. The summed E-state index contributed by atoms with van der Waals surface area (Å²) < 4.78 is 59.2. The lowest BCUT2D eigenvalue weighted by Gasteiger charge is -2.10. The molecule has 0 aliphatic carbocycles. The minimum atomic E-state index is -1.58. The van der Waals surface area contributed by atoms with Gasteiger partial charge in [0.05, 0.1) is 0 Å². The van der Waals surface area contributed by atoms with Crippen molar-refractivity contribution in [2.24, 2.45) is 0 Å². The van der Waals surface area contributed by atoms with Crippen molar-refractivity contribution in [3.05, 3.63) is 60.2 Å². The monoisotopic (exact) mass is 312 g/mol. The van der Waals surface area contributed by atoms with E-state index in [0.717, 1.165) is 30.3 Å². The zero-order chi connectivity index (χ0) is 16.4. The number of ether oxygens (including phenoxy) is 1. The number of halogens is 4. The third-order valence-corrected chi connectivity index (χ3v) is 2.78. The van der Waals surface area contributed by atoms with Crippen molar-refractivity contribution < 1.29 is 32.2 Å². The Morgan fingerprint density at radius 3 is 2.09 bits per heavy atom. The molecule has 0 atom stereocenters. The first-order chi connectivity index (χ1) is 10.4. The molecule has 0 aromatic heterocycles. The Labute approximate surface area is 122 Å². The van der Waals surface area contributed by atoms with Gasteiger partial charge in [0.15, 0.2) is 23.1 Å². The Bertz CT molecular complexity index is 772. The van der Waals surface area contributed by atoms with E-state index in [-0.39, 0.29) is 0 Å². The maximum atomic E-state index is 14.0. The fourth-order valence-corrected chi connectivity index (χ4v) is 1.72. The molecule has 22 heavy (non-hydrogen) atoms. The topological polar surface area (TPSA) is 46.5 Å². The van der Waals surface area contributed by atoms with Crippen LogP contribution in [0.4, 0.5) is 17.6 Å². The molecule has 0 saturated heterocycles. The number of esters is 1. The molecule has 0 unspecified atom stereocenters. The van der Waals surface area contributed by atoms with E-state index in [0.29, 0.717) is 0 Å². The summed E-state index contributed by atoms with van der Waals surface area (Å²) in [5.41, 5.74) is -1.18. The highest BCUT2D eigenvalue weighted by Gasteiger charge is 2.21. The van der Waals surface area contributed by atoms with Gasteiger partial charge in [0.2, 0.25) is 11.6 Å². The Kier molecular flexibility index (Phi) is 4.16. The number of carbonyl (C=O) groups excluding carboxylic acids is 1. The predicted molar refractivity (Wildman–Crippen MR) is 69.2 cm³/mol. The molecule has 0 heterocycles. The molecule has 114 valence electrons. The second-order valence-electron chi connectivity index (χ2n) is 4.12. The van der Waals surface area contributed by atoms with Crippen LogP contribution < -0.4 is 4.74 Å². The molecule has 3 nitrogen and oxygen atoms in total. The van der Waals surface area contributed by atoms with Gasteiger partial charge in [0.1, 0.15) is 0 Å². The fraction of sp³-hybridized carbons (Fsp3) is 0. The van der Waals surface area contributed by atoms with Gasteiger partial charge < -0.3 is 9.84 Å². The van der Waals surface area contributed by atoms with Crippen LogP contribution in [0, 0.1) is 23.3 Å². The average Bonchev–Trinajstić information content (AvgIpc) is 2.50. The van der Waals surface area contributed by atoms with Gasteiger partial charge in [-0.15, -0.1) is 0 Å². The van der Waals surface area contributed by atoms with Gasteiger partial charge in [0, 0.05) is 17.2 Å². The minimum Gasteiger partial charge on any atom is -0.505 e. The number of hydrogen-bond acceptors (Lipinski definition) is 3. The summed E-state index contributed by atoms with van der Waals surface area (Å²) >= 11 is 0. The predicted octanol–water partition coefficient (Wildman–Crippen LogP) is 3.71. The summed E-state index contributed by atoms with van der Waals surface area (Å²) in [5.74, 6) is -8.87. The second-order valence-corrected chi connectivity index (χ2v) is 4.12. The number of phenols is 1. The van der Waals surface area contributed by atoms with E-state index in [1.165, 1.54) is 0 Å². The molecule has 0 bridgehead atoms. The van der Waals surface area contributed by atoms with Crippen LogP contribution in [0.5, 0.6) is 11.5 Å². The molecule has 0 saturated carbocycles. The standard InChI is InChI=1S/C15H8F4O3/c1-2-11(21)22-10-6-4-8(13(17)15(10)19)7-3-5-9(20)14(18)12(7)16/h2-6,20H,1H2. The molecule has 7 heteroatoms. The maximum absolute atomic E-state index is 14.0. The molecule has 2 aromatic carbocycles. The molecule has 0 aliphatic heterocycles. The zero-order valence-electron chi connectivity index (χ0n) is 10.9. The Balaban J connectivity index is 2.55. The lowest BCUT2D eigenvalue weighted by atomic mass is 10.0. The quantitative estimate of drug-likeness (QED) is 0.407. The Hall–Kier alpha value is -2.83. The molecular formula is C15H8F4O3. The van der Waals surface area contributed by atoms with Crippen LogP contribution in [-0.2, 0) is 4.79 Å². The summed E-state index contributed by atoms with van der Waals surface area (Å²) in [6.45, 7) is 3.10. The summed E-state index contributed by atoms with van der Waals surface area (Å²) in [6.07, 6.45) is 0.750. The van der Waals surface area contributed by atoms with Gasteiger partial charge >= 0.3 is 5.97 Å². The fourth-order valence-electron chi connectivity index (χ4n) is 1.72. The summed E-state index contributed by atoms with van der Waals surface area (Å²) in [7, 11) is 0. The molecule has 0 fully saturated rings. The zero-order valence-corrected chi connectivity index (χ0v) is 10.9. The van der Waals surface area contributed by atoms with E-state index < -0.39 is 51.9 Å². The van der Waals surface area contributed by atoms with Crippen LogP contribution in [0.3, 0.4) is 0 Å². The molecule has 0 amide bonds. The van der Waals surface area contributed by atoms with E-state index in [1.54, 1.807) is 0 Å². The SMILES string of the molecule is C=CC(=O)Oc1ccc(-c2ccc(O)c(F)c2F)c(F)c1F. The van der Waals surface area contributed by atoms with Crippen molar-refractivity contribution in [2.45, 2.75) is 0 Å². The number of aromatic hydroxyl groups is 1. The van der Waals surface area contributed by atoms with Gasteiger partial charge in [-0.3, -0.25) is 0 Å². The van der Waals surface area contributed by atoms with E-state index in [1.807, 2.05) is 0 Å². The smallest absolute Gasteiger partial charge is 0.335 e. The van der Waals surface area contributed by atoms with Crippen LogP contribution in [0.25, 0.3) is 11.1 Å². The lowest BCUT2D eigenvalue weighted by molar-refractivity contribution is -0.129. The number of carbonyl (C=O) groups is 1. The van der Waals surface area contributed by atoms with Crippen LogP contribution in [0.2, 0.25) is 0 Å².